The molecule has 6 heteroatoms. The first kappa shape index (κ1) is 12.3. The first-order chi connectivity index (χ1) is 9.69. The van der Waals surface area contributed by atoms with Gasteiger partial charge in [-0.25, -0.2) is 0 Å². The Morgan fingerprint density at radius 1 is 1.20 bits per heavy atom. The Balaban J connectivity index is 2.05. The predicted molar refractivity (Wildman–Crippen MR) is 73.1 cm³/mol. The first-order valence-electron chi connectivity index (χ1n) is 6.01. The van der Waals surface area contributed by atoms with Gasteiger partial charge in [-0.1, -0.05) is 5.16 Å². The summed E-state index contributed by atoms with van der Waals surface area (Å²) in [6.07, 6.45) is 1.59. The standard InChI is InChI=1S/C14H13N3O3/c1-8-10(5-6-19-8)13-16-14(20-17-13)11-4-3-9(15)7-12(11)18-2/h3-7H,15H2,1-2H3. The lowest BCUT2D eigenvalue weighted by Gasteiger charge is -2.05. The summed E-state index contributed by atoms with van der Waals surface area (Å²) in [6.45, 7) is 1.84. The molecule has 2 heterocycles. The average Bonchev–Trinajstić information content (AvgIpc) is 3.07. The van der Waals surface area contributed by atoms with Gasteiger partial charge in [-0.2, -0.15) is 4.98 Å². The number of aromatic nitrogens is 2. The molecule has 0 aliphatic heterocycles. The molecule has 0 bridgehead atoms. The summed E-state index contributed by atoms with van der Waals surface area (Å²) < 4.78 is 15.8. The Morgan fingerprint density at radius 2 is 2.05 bits per heavy atom. The van der Waals surface area contributed by atoms with Gasteiger partial charge in [0.15, 0.2) is 0 Å². The van der Waals surface area contributed by atoms with Crippen LogP contribution in [0.3, 0.4) is 0 Å². The van der Waals surface area contributed by atoms with Crippen LogP contribution in [0.1, 0.15) is 5.76 Å². The van der Waals surface area contributed by atoms with E-state index >= 15 is 0 Å². The summed E-state index contributed by atoms with van der Waals surface area (Å²) in [5, 5.41) is 3.96. The zero-order valence-electron chi connectivity index (χ0n) is 11.1. The zero-order valence-corrected chi connectivity index (χ0v) is 11.1. The maximum absolute atomic E-state index is 5.72. The van der Waals surface area contributed by atoms with Crippen LogP contribution in [0.25, 0.3) is 22.8 Å². The highest BCUT2D eigenvalue weighted by Gasteiger charge is 2.16. The third kappa shape index (κ3) is 2.01. The van der Waals surface area contributed by atoms with E-state index in [1.807, 2.05) is 6.92 Å². The number of hydrogen-bond donors (Lipinski definition) is 1. The van der Waals surface area contributed by atoms with E-state index in [2.05, 4.69) is 10.1 Å². The number of aryl methyl sites for hydroxylation is 1. The molecule has 0 saturated heterocycles. The fourth-order valence-electron chi connectivity index (χ4n) is 1.94. The third-order valence-corrected chi connectivity index (χ3v) is 2.98. The van der Waals surface area contributed by atoms with Crippen LogP contribution in [-0.4, -0.2) is 17.3 Å². The number of rotatable bonds is 3. The maximum atomic E-state index is 5.72. The second-order valence-corrected chi connectivity index (χ2v) is 4.27. The van der Waals surface area contributed by atoms with Crippen LogP contribution in [0.15, 0.2) is 39.5 Å². The molecule has 2 N–H and O–H groups in total. The molecule has 0 amide bonds. The van der Waals surface area contributed by atoms with E-state index in [1.165, 1.54) is 0 Å². The van der Waals surface area contributed by atoms with Crippen molar-refractivity contribution in [1.82, 2.24) is 10.1 Å². The number of nitrogens with zero attached hydrogens (tertiary/aromatic N) is 2. The highest BCUT2D eigenvalue weighted by atomic mass is 16.5. The van der Waals surface area contributed by atoms with E-state index in [9.17, 15) is 0 Å². The van der Waals surface area contributed by atoms with Crippen molar-refractivity contribution in [2.75, 3.05) is 12.8 Å². The molecule has 6 nitrogen and oxygen atoms in total. The zero-order chi connectivity index (χ0) is 14.1. The van der Waals surface area contributed by atoms with Gasteiger partial charge < -0.3 is 19.4 Å². The van der Waals surface area contributed by atoms with Crippen LogP contribution in [0.2, 0.25) is 0 Å². The van der Waals surface area contributed by atoms with Crippen LogP contribution in [-0.2, 0) is 0 Å². The summed E-state index contributed by atoms with van der Waals surface area (Å²) in [6, 6.07) is 7.05. The van der Waals surface area contributed by atoms with E-state index in [4.69, 9.17) is 19.4 Å². The Labute approximate surface area is 115 Å². The van der Waals surface area contributed by atoms with E-state index in [0.717, 1.165) is 11.3 Å². The van der Waals surface area contributed by atoms with Crippen molar-refractivity contribution in [2.45, 2.75) is 6.92 Å². The van der Waals surface area contributed by atoms with Crippen LogP contribution >= 0.6 is 0 Å². The molecule has 0 unspecified atom stereocenters. The number of hydrogen-bond acceptors (Lipinski definition) is 6. The molecule has 0 aliphatic carbocycles. The fourth-order valence-corrected chi connectivity index (χ4v) is 1.94. The topological polar surface area (TPSA) is 87.3 Å². The lowest BCUT2D eigenvalue weighted by molar-refractivity contribution is 0.405. The van der Waals surface area contributed by atoms with Gasteiger partial charge in [0.2, 0.25) is 5.82 Å². The van der Waals surface area contributed by atoms with Crippen LogP contribution < -0.4 is 10.5 Å². The monoisotopic (exact) mass is 271 g/mol. The number of nitrogens with two attached hydrogens (primary N) is 1. The molecule has 2 aromatic heterocycles. The summed E-state index contributed by atoms with van der Waals surface area (Å²) in [5.41, 5.74) is 7.83. The fraction of sp³-hybridized carbons (Fsp3) is 0.143. The quantitative estimate of drug-likeness (QED) is 0.737. The number of furan rings is 1. The molecule has 102 valence electrons. The van der Waals surface area contributed by atoms with Gasteiger partial charge in [0.25, 0.3) is 5.89 Å². The maximum Gasteiger partial charge on any atom is 0.262 e. The molecule has 3 rings (SSSR count). The van der Waals surface area contributed by atoms with E-state index < -0.39 is 0 Å². The van der Waals surface area contributed by atoms with E-state index in [0.29, 0.717) is 28.7 Å². The highest BCUT2D eigenvalue weighted by molar-refractivity contribution is 5.68. The summed E-state index contributed by atoms with van der Waals surface area (Å²) >= 11 is 0. The lowest BCUT2D eigenvalue weighted by atomic mass is 10.2. The highest BCUT2D eigenvalue weighted by Crippen LogP contribution is 2.32. The van der Waals surface area contributed by atoms with Gasteiger partial charge in [0.05, 0.1) is 24.5 Å². The van der Waals surface area contributed by atoms with Gasteiger partial charge >= 0.3 is 0 Å². The molecule has 0 saturated carbocycles. The predicted octanol–water partition coefficient (Wildman–Crippen LogP) is 2.90. The number of benzene rings is 1. The van der Waals surface area contributed by atoms with Gasteiger partial charge in [-0.3, -0.25) is 0 Å². The normalized spacial score (nSPS) is 10.7. The van der Waals surface area contributed by atoms with Crippen molar-refractivity contribution in [3.8, 4) is 28.6 Å². The lowest BCUT2D eigenvalue weighted by Crippen LogP contribution is -1.91. The SMILES string of the molecule is COc1cc(N)ccc1-c1nc(-c2ccoc2C)no1. The van der Waals surface area contributed by atoms with Crippen molar-refractivity contribution in [2.24, 2.45) is 0 Å². The second-order valence-electron chi connectivity index (χ2n) is 4.27. The van der Waals surface area contributed by atoms with Crippen molar-refractivity contribution >= 4 is 5.69 Å². The van der Waals surface area contributed by atoms with Crippen LogP contribution in [0.5, 0.6) is 5.75 Å². The van der Waals surface area contributed by atoms with Crippen molar-refractivity contribution in [1.29, 1.82) is 0 Å². The Hall–Kier alpha value is -2.76. The summed E-state index contributed by atoms with van der Waals surface area (Å²) in [5.74, 6) is 2.17. The molecule has 0 spiro atoms. The van der Waals surface area contributed by atoms with E-state index in [1.54, 1.807) is 37.6 Å². The minimum absolute atomic E-state index is 0.373. The molecular formula is C14H13N3O3. The van der Waals surface area contributed by atoms with Crippen molar-refractivity contribution in [3.05, 3.63) is 36.3 Å². The smallest absolute Gasteiger partial charge is 0.262 e. The van der Waals surface area contributed by atoms with Crippen molar-refractivity contribution in [3.63, 3.8) is 0 Å². The van der Waals surface area contributed by atoms with Gasteiger partial charge in [0.1, 0.15) is 11.5 Å². The Bertz CT molecular complexity index is 746. The number of methoxy groups -OCH3 is 1. The average molecular weight is 271 g/mol. The Morgan fingerprint density at radius 3 is 2.75 bits per heavy atom. The Kier molecular flexibility index (Phi) is 2.90. The van der Waals surface area contributed by atoms with Crippen LogP contribution in [0, 0.1) is 6.92 Å². The van der Waals surface area contributed by atoms with Crippen LogP contribution in [0.4, 0.5) is 5.69 Å². The molecule has 0 radical (unpaired) electrons. The summed E-state index contributed by atoms with van der Waals surface area (Å²) in [4.78, 5) is 4.36. The number of ether oxygens (including phenoxy) is 1. The first-order valence-corrected chi connectivity index (χ1v) is 6.01. The largest absolute Gasteiger partial charge is 0.496 e. The molecule has 3 aromatic rings. The molecular weight excluding hydrogens is 258 g/mol. The number of nitrogen functional groups attached to an aromatic ring is 1. The van der Waals surface area contributed by atoms with E-state index in [-0.39, 0.29) is 0 Å². The third-order valence-electron chi connectivity index (χ3n) is 2.98. The van der Waals surface area contributed by atoms with Gasteiger partial charge in [0, 0.05) is 11.8 Å². The van der Waals surface area contributed by atoms with Gasteiger partial charge in [-0.05, 0) is 25.1 Å². The summed E-state index contributed by atoms with van der Waals surface area (Å²) in [7, 11) is 1.57. The van der Waals surface area contributed by atoms with Gasteiger partial charge in [-0.15, -0.1) is 0 Å². The molecule has 0 aliphatic rings. The molecule has 0 atom stereocenters. The van der Waals surface area contributed by atoms with Crippen molar-refractivity contribution < 1.29 is 13.7 Å². The minimum Gasteiger partial charge on any atom is -0.496 e. The molecule has 1 aromatic carbocycles. The molecule has 20 heavy (non-hydrogen) atoms. The minimum atomic E-state index is 0.373. The number of anilines is 1. The molecule has 0 fully saturated rings. The second kappa shape index (κ2) is 4.73.